The lowest BCUT2D eigenvalue weighted by Gasteiger charge is -2.16. The Labute approximate surface area is 134 Å². The van der Waals surface area contributed by atoms with Gasteiger partial charge in [0.05, 0.1) is 22.9 Å². The van der Waals surface area contributed by atoms with Gasteiger partial charge in [-0.2, -0.15) is 0 Å². The van der Waals surface area contributed by atoms with Crippen LogP contribution in [0.15, 0.2) is 33.5 Å². The lowest BCUT2D eigenvalue weighted by molar-refractivity contribution is 0.0784. The number of hydrogen-bond donors (Lipinski definition) is 0. The highest BCUT2D eigenvalue weighted by Gasteiger charge is 2.18. The number of aryl methyl sites for hydroxylation is 1. The molecule has 3 heterocycles. The monoisotopic (exact) mass is 313 g/mol. The molecule has 3 aromatic rings. The SMILES string of the molecule is Cc1occc1CN(C)C(=O)c1cnc2onc(C(C)C)c2c1. The third-order valence-electron chi connectivity index (χ3n) is 3.87. The van der Waals surface area contributed by atoms with Gasteiger partial charge in [0.15, 0.2) is 0 Å². The summed E-state index contributed by atoms with van der Waals surface area (Å²) in [5.74, 6) is 0.921. The summed E-state index contributed by atoms with van der Waals surface area (Å²) in [7, 11) is 1.76. The summed E-state index contributed by atoms with van der Waals surface area (Å²) in [5.41, 5.74) is 2.78. The maximum Gasteiger partial charge on any atom is 0.257 e. The summed E-state index contributed by atoms with van der Waals surface area (Å²) in [4.78, 5) is 18.5. The molecular weight excluding hydrogens is 294 g/mol. The first kappa shape index (κ1) is 15.3. The molecule has 0 saturated carbocycles. The van der Waals surface area contributed by atoms with Gasteiger partial charge in [-0.1, -0.05) is 19.0 Å². The Morgan fingerprint density at radius 1 is 1.39 bits per heavy atom. The molecule has 23 heavy (non-hydrogen) atoms. The van der Waals surface area contributed by atoms with Crippen LogP contribution in [-0.4, -0.2) is 28.0 Å². The van der Waals surface area contributed by atoms with E-state index in [1.165, 1.54) is 6.20 Å². The molecule has 0 bridgehead atoms. The van der Waals surface area contributed by atoms with Crippen LogP contribution >= 0.6 is 0 Å². The number of fused-ring (bicyclic) bond motifs is 1. The molecule has 120 valence electrons. The zero-order chi connectivity index (χ0) is 16.6. The van der Waals surface area contributed by atoms with Crippen molar-refractivity contribution in [3.8, 4) is 0 Å². The first-order chi connectivity index (χ1) is 11.0. The molecule has 1 amide bonds. The van der Waals surface area contributed by atoms with Crippen molar-refractivity contribution < 1.29 is 13.7 Å². The van der Waals surface area contributed by atoms with Crippen LogP contribution in [0.4, 0.5) is 0 Å². The van der Waals surface area contributed by atoms with Crippen LogP contribution in [0.2, 0.25) is 0 Å². The van der Waals surface area contributed by atoms with Gasteiger partial charge in [0.1, 0.15) is 5.76 Å². The van der Waals surface area contributed by atoms with Gasteiger partial charge in [0.2, 0.25) is 0 Å². The van der Waals surface area contributed by atoms with Crippen molar-refractivity contribution in [1.82, 2.24) is 15.0 Å². The highest BCUT2D eigenvalue weighted by atomic mass is 16.5. The topological polar surface area (TPSA) is 72.4 Å². The molecule has 3 aromatic heterocycles. The predicted octanol–water partition coefficient (Wildman–Crippen LogP) is 3.52. The second-order valence-corrected chi connectivity index (χ2v) is 5.96. The van der Waals surface area contributed by atoms with Crippen LogP contribution < -0.4 is 0 Å². The fraction of sp³-hybridized carbons (Fsp3) is 0.353. The van der Waals surface area contributed by atoms with Gasteiger partial charge in [-0.05, 0) is 25.0 Å². The van der Waals surface area contributed by atoms with Gasteiger partial charge in [-0.15, -0.1) is 0 Å². The van der Waals surface area contributed by atoms with Gasteiger partial charge in [0.25, 0.3) is 11.6 Å². The zero-order valence-electron chi connectivity index (χ0n) is 13.7. The minimum Gasteiger partial charge on any atom is -0.469 e. The van der Waals surface area contributed by atoms with Crippen molar-refractivity contribution in [3.05, 3.63) is 47.2 Å². The fourth-order valence-corrected chi connectivity index (χ4v) is 2.51. The fourth-order valence-electron chi connectivity index (χ4n) is 2.51. The molecule has 0 N–H and O–H groups in total. The Morgan fingerprint density at radius 2 is 2.17 bits per heavy atom. The van der Waals surface area contributed by atoms with Gasteiger partial charge >= 0.3 is 0 Å². The average Bonchev–Trinajstić information content (AvgIpc) is 3.12. The van der Waals surface area contributed by atoms with Crippen molar-refractivity contribution in [2.24, 2.45) is 0 Å². The third-order valence-corrected chi connectivity index (χ3v) is 3.87. The van der Waals surface area contributed by atoms with E-state index in [1.54, 1.807) is 24.3 Å². The Balaban J connectivity index is 1.88. The Morgan fingerprint density at radius 3 is 2.83 bits per heavy atom. The van der Waals surface area contributed by atoms with Gasteiger partial charge in [-0.25, -0.2) is 4.98 Å². The van der Waals surface area contributed by atoms with Gasteiger partial charge in [-0.3, -0.25) is 4.79 Å². The lowest BCUT2D eigenvalue weighted by Crippen LogP contribution is -2.26. The normalized spacial score (nSPS) is 11.3. The molecule has 0 radical (unpaired) electrons. The number of carbonyl (C=O) groups is 1. The minimum absolute atomic E-state index is 0.101. The van der Waals surface area contributed by atoms with Crippen molar-refractivity contribution in [3.63, 3.8) is 0 Å². The van der Waals surface area contributed by atoms with E-state index in [-0.39, 0.29) is 11.8 Å². The van der Waals surface area contributed by atoms with Crippen LogP contribution in [-0.2, 0) is 6.54 Å². The summed E-state index contributed by atoms with van der Waals surface area (Å²) in [6.07, 6.45) is 3.15. The van der Waals surface area contributed by atoms with Gasteiger partial charge < -0.3 is 13.8 Å². The van der Waals surface area contributed by atoms with Crippen LogP contribution in [0.5, 0.6) is 0 Å². The zero-order valence-corrected chi connectivity index (χ0v) is 13.7. The molecule has 0 unspecified atom stereocenters. The standard InChI is InChI=1S/C17H19N3O3/c1-10(2)15-14-7-13(8-18-16(14)23-19-15)17(21)20(4)9-12-5-6-22-11(12)3/h5-8,10H,9H2,1-4H3. The van der Waals surface area contributed by atoms with E-state index in [9.17, 15) is 4.79 Å². The van der Waals surface area contributed by atoms with E-state index in [2.05, 4.69) is 10.1 Å². The summed E-state index contributed by atoms with van der Waals surface area (Å²) in [5, 5.41) is 4.83. The minimum atomic E-state index is -0.101. The number of furan rings is 1. The second-order valence-electron chi connectivity index (χ2n) is 5.96. The number of carbonyl (C=O) groups excluding carboxylic acids is 1. The largest absolute Gasteiger partial charge is 0.469 e. The number of nitrogens with zero attached hydrogens (tertiary/aromatic N) is 3. The molecule has 0 aliphatic carbocycles. The summed E-state index contributed by atoms with van der Waals surface area (Å²) in [6, 6.07) is 3.67. The van der Waals surface area contributed by atoms with E-state index in [1.807, 2.05) is 26.8 Å². The molecule has 0 atom stereocenters. The van der Waals surface area contributed by atoms with Crippen LogP contribution in [0.3, 0.4) is 0 Å². The van der Waals surface area contributed by atoms with Crippen LogP contribution in [0.1, 0.15) is 47.1 Å². The predicted molar refractivity (Wildman–Crippen MR) is 85.1 cm³/mol. The van der Waals surface area contributed by atoms with Crippen molar-refractivity contribution in [2.45, 2.75) is 33.2 Å². The number of pyridine rings is 1. The Kier molecular flexibility index (Phi) is 3.90. The van der Waals surface area contributed by atoms with E-state index < -0.39 is 0 Å². The van der Waals surface area contributed by atoms with Crippen molar-refractivity contribution in [1.29, 1.82) is 0 Å². The van der Waals surface area contributed by atoms with E-state index in [0.717, 1.165) is 22.4 Å². The molecule has 0 aliphatic rings. The van der Waals surface area contributed by atoms with E-state index >= 15 is 0 Å². The van der Waals surface area contributed by atoms with E-state index in [0.29, 0.717) is 17.8 Å². The van der Waals surface area contributed by atoms with Crippen LogP contribution in [0.25, 0.3) is 11.1 Å². The summed E-state index contributed by atoms with van der Waals surface area (Å²) < 4.78 is 10.5. The molecule has 0 spiro atoms. The number of amides is 1. The molecule has 0 fully saturated rings. The summed E-state index contributed by atoms with van der Waals surface area (Å²) >= 11 is 0. The molecule has 0 aliphatic heterocycles. The number of aromatic nitrogens is 2. The molecule has 0 aromatic carbocycles. The Hall–Kier alpha value is -2.63. The molecular formula is C17H19N3O3. The van der Waals surface area contributed by atoms with Crippen LogP contribution in [0, 0.1) is 6.92 Å². The van der Waals surface area contributed by atoms with Crippen molar-refractivity contribution >= 4 is 17.0 Å². The van der Waals surface area contributed by atoms with Gasteiger partial charge in [0, 0.05) is 25.4 Å². The number of hydrogen-bond acceptors (Lipinski definition) is 5. The third kappa shape index (κ3) is 2.84. The maximum atomic E-state index is 12.6. The highest BCUT2D eigenvalue weighted by molar-refractivity contribution is 5.96. The molecule has 0 saturated heterocycles. The smallest absolute Gasteiger partial charge is 0.257 e. The van der Waals surface area contributed by atoms with Crippen molar-refractivity contribution in [2.75, 3.05) is 7.05 Å². The maximum absolute atomic E-state index is 12.6. The first-order valence-corrected chi connectivity index (χ1v) is 7.51. The highest BCUT2D eigenvalue weighted by Crippen LogP contribution is 2.24. The molecule has 6 heteroatoms. The molecule has 6 nitrogen and oxygen atoms in total. The summed E-state index contributed by atoms with van der Waals surface area (Å²) in [6.45, 7) is 6.42. The quantitative estimate of drug-likeness (QED) is 0.737. The average molecular weight is 313 g/mol. The Bertz CT molecular complexity index is 848. The lowest BCUT2D eigenvalue weighted by atomic mass is 10.1. The molecule has 3 rings (SSSR count). The second kappa shape index (κ2) is 5.87. The number of rotatable bonds is 4. The van der Waals surface area contributed by atoms with E-state index in [4.69, 9.17) is 8.94 Å². The first-order valence-electron chi connectivity index (χ1n) is 7.51.